The van der Waals surface area contributed by atoms with Crippen molar-refractivity contribution >= 4 is 5.70 Å². The molecule has 7 nitrogen and oxygen atoms in total. The molecule has 0 spiro atoms. The van der Waals surface area contributed by atoms with E-state index >= 15 is 0 Å². The highest BCUT2D eigenvalue weighted by molar-refractivity contribution is 5.62. The van der Waals surface area contributed by atoms with E-state index in [4.69, 9.17) is 4.84 Å². The summed E-state index contributed by atoms with van der Waals surface area (Å²) in [5, 5.41) is 10.6. The summed E-state index contributed by atoms with van der Waals surface area (Å²) < 4.78 is 0. The summed E-state index contributed by atoms with van der Waals surface area (Å²) in [6, 6.07) is 0. The summed E-state index contributed by atoms with van der Waals surface area (Å²) in [5.74, 6) is 0.362. The van der Waals surface area contributed by atoms with Gasteiger partial charge in [-0.2, -0.15) is 0 Å². The topological polar surface area (TPSA) is 93.1 Å². The average Bonchev–Trinajstić information content (AvgIpc) is 2.70. The van der Waals surface area contributed by atoms with Crippen LogP contribution in [-0.2, 0) is 4.84 Å². The molecule has 14 heavy (non-hydrogen) atoms. The molecule has 1 aliphatic heterocycles. The molecule has 0 bridgehead atoms. The van der Waals surface area contributed by atoms with Crippen molar-refractivity contribution in [3.63, 3.8) is 0 Å². The minimum atomic E-state index is -0.510. The van der Waals surface area contributed by atoms with Gasteiger partial charge >= 0.3 is 5.70 Å². The van der Waals surface area contributed by atoms with Crippen LogP contribution in [0.25, 0.3) is 5.70 Å². The molecule has 7 heteroatoms. The number of aromatic nitrogens is 2. The molecule has 1 aliphatic rings. The van der Waals surface area contributed by atoms with Crippen LogP contribution >= 0.6 is 0 Å². The van der Waals surface area contributed by atoms with E-state index in [1.807, 2.05) is 0 Å². The van der Waals surface area contributed by atoms with E-state index in [-0.39, 0.29) is 11.4 Å². The van der Waals surface area contributed by atoms with E-state index in [1.54, 1.807) is 6.20 Å². The van der Waals surface area contributed by atoms with Gasteiger partial charge in [0.05, 0.1) is 11.0 Å². The van der Waals surface area contributed by atoms with Crippen molar-refractivity contribution in [1.29, 1.82) is 0 Å². The molecule has 0 radical (unpaired) electrons. The molecule has 2 rings (SSSR count). The van der Waals surface area contributed by atoms with E-state index in [1.165, 1.54) is 18.5 Å². The van der Waals surface area contributed by atoms with Crippen LogP contribution in [0, 0.1) is 10.1 Å². The maximum Gasteiger partial charge on any atom is 0.302 e. The van der Waals surface area contributed by atoms with Gasteiger partial charge in [-0.05, 0) is 0 Å². The number of nitrogens with zero attached hydrogens (tertiary/aromatic N) is 2. The second-order valence-corrected chi connectivity index (χ2v) is 2.48. The average molecular weight is 194 g/mol. The first-order valence-corrected chi connectivity index (χ1v) is 3.75. The van der Waals surface area contributed by atoms with Crippen molar-refractivity contribution in [3.8, 4) is 0 Å². The quantitative estimate of drug-likeness (QED) is 0.525. The second-order valence-electron chi connectivity index (χ2n) is 2.48. The van der Waals surface area contributed by atoms with Gasteiger partial charge in [-0.25, -0.2) is 10.5 Å². The van der Waals surface area contributed by atoms with Gasteiger partial charge in [0.15, 0.2) is 11.5 Å². The third kappa shape index (κ3) is 1.30. The summed E-state index contributed by atoms with van der Waals surface area (Å²) >= 11 is 0. The molecule has 0 atom stereocenters. The fraction of sp³-hybridized carbons (Fsp3) is 0. The van der Waals surface area contributed by atoms with Crippen LogP contribution in [0.4, 0.5) is 0 Å². The molecular formula is C7H6N4O3. The fourth-order valence-corrected chi connectivity index (χ4v) is 1.05. The fourth-order valence-electron chi connectivity index (χ4n) is 1.05. The summed E-state index contributed by atoms with van der Waals surface area (Å²) in [4.78, 5) is 21.5. The van der Waals surface area contributed by atoms with Gasteiger partial charge in [0, 0.05) is 12.4 Å². The van der Waals surface area contributed by atoms with Gasteiger partial charge in [0.1, 0.15) is 6.26 Å². The predicted octanol–water partition coefficient (Wildman–Crippen LogP) is 0.403. The van der Waals surface area contributed by atoms with Gasteiger partial charge < -0.3 is 9.82 Å². The first-order valence-electron chi connectivity index (χ1n) is 3.75. The number of hydrogen-bond donors (Lipinski definition) is 2. The smallest absolute Gasteiger partial charge is 0.302 e. The Morgan fingerprint density at radius 2 is 2.43 bits per heavy atom. The molecule has 2 N–H and O–H groups in total. The first kappa shape index (κ1) is 8.30. The maximum atomic E-state index is 10.6. The Balaban J connectivity index is 2.48. The Labute approximate surface area is 78.2 Å². The molecule has 0 aromatic carbocycles. The van der Waals surface area contributed by atoms with Crippen molar-refractivity contribution in [2.45, 2.75) is 0 Å². The number of hydroxylamine groups is 1. The molecule has 1 aromatic rings. The molecular weight excluding hydrogens is 188 g/mol. The third-order valence-electron chi connectivity index (χ3n) is 1.64. The van der Waals surface area contributed by atoms with Crippen LogP contribution in [0.15, 0.2) is 30.4 Å². The van der Waals surface area contributed by atoms with Crippen molar-refractivity contribution in [2.24, 2.45) is 0 Å². The molecule has 0 saturated carbocycles. The Kier molecular flexibility index (Phi) is 1.90. The lowest BCUT2D eigenvalue weighted by atomic mass is 10.3. The summed E-state index contributed by atoms with van der Waals surface area (Å²) in [5.41, 5.74) is 2.53. The predicted molar refractivity (Wildman–Crippen MR) is 45.9 cm³/mol. The van der Waals surface area contributed by atoms with Crippen LogP contribution in [0.1, 0.15) is 5.82 Å². The largest absolute Gasteiger partial charge is 0.389 e. The van der Waals surface area contributed by atoms with Crippen LogP contribution in [-0.4, -0.2) is 14.9 Å². The zero-order valence-corrected chi connectivity index (χ0v) is 6.93. The number of aromatic amines is 1. The second kappa shape index (κ2) is 3.21. The highest BCUT2D eigenvalue weighted by Gasteiger charge is 2.22. The number of rotatable bonds is 2. The molecule has 0 unspecified atom stereocenters. The van der Waals surface area contributed by atoms with Crippen molar-refractivity contribution in [2.75, 3.05) is 0 Å². The van der Waals surface area contributed by atoms with Crippen molar-refractivity contribution < 1.29 is 9.76 Å². The molecule has 0 aliphatic carbocycles. The lowest BCUT2D eigenvalue weighted by molar-refractivity contribution is -0.419. The number of allylic oxidation sites excluding steroid dienone is 1. The zero-order valence-electron chi connectivity index (χ0n) is 6.93. The number of imidazole rings is 1. The van der Waals surface area contributed by atoms with Crippen LogP contribution < -0.4 is 5.48 Å². The third-order valence-corrected chi connectivity index (χ3v) is 1.64. The lowest BCUT2D eigenvalue weighted by Crippen LogP contribution is -2.19. The summed E-state index contributed by atoms with van der Waals surface area (Å²) in [6.07, 6.45) is 5.53. The normalized spacial score (nSPS) is 14.9. The molecule has 72 valence electrons. The Morgan fingerprint density at radius 1 is 1.57 bits per heavy atom. The number of nitrogens with one attached hydrogen (secondary N) is 2. The molecule has 1 aromatic heterocycles. The van der Waals surface area contributed by atoms with E-state index in [2.05, 4.69) is 15.4 Å². The van der Waals surface area contributed by atoms with E-state index in [9.17, 15) is 10.1 Å². The Bertz CT molecular complexity index is 407. The van der Waals surface area contributed by atoms with E-state index in [0.717, 1.165) is 0 Å². The maximum absolute atomic E-state index is 10.6. The van der Waals surface area contributed by atoms with Gasteiger partial charge in [-0.1, -0.05) is 0 Å². The van der Waals surface area contributed by atoms with E-state index in [0.29, 0.717) is 5.82 Å². The molecule has 0 fully saturated rings. The van der Waals surface area contributed by atoms with Crippen molar-refractivity contribution in [1.82, 2.24) is 15.4 Å². The number of nitro groups is 1. The molecule has 2 heterocycles. The zero-order chi connectivity index (χ0) is 9.97. The molecule has 0 amide bonds. The highest BCUT2D eigenvalue weighted by Crippen LogP contribution is 2.16. The monoisotopic (exact) mass is 194 g/mol. The van der Waals surface area contributed by atoms with Gasteiger partial charge in [-0.15, -0.1) is 0 Å². The number of hydrogen-bond acceptors (Lipinski definition) is 5. The van der Waals surface area contributed by atoms with Crippen LogP contribution in [0.3, 0.4) is 0 Å². The minimum Gasteiger partial charge on any atom is -0.389 e. The minimum absolute atomic E-state index is 0.0915. The van der Waals surface area contributed by atoms with Crippen LogP contribution in [0.2, 0.25) is 0 Å². The molecule has 0 saturated heterocycles. The van der Waals surface area contributed by atoms with Gasteiger partial charge in [0.25, 0.3) is 0 Å². The van der Waals surface area contributed by atoms with Crippen LogP contribution in [0.5, 0.6) is 0 Å². The van der Waals surface area contributed by atoms with Crippen molar-refractivity contribution in [3.05, 3.63) is 46.4 Å². The lowest BCUT2D eigenvalue weighted by Gasteiger charge is -2.10. The standard InChI is InChI=1S/C7H6N4O3/c12-11(13)5-1-4-14-10-6(5)7-8-2-3-9-7/h1-4,10H,(H,8,9). The first-order chi connectivity index (χ1) is 6.79. The Morgan fingerprint density at radius 3 is 3.07 bits per heavy atom. The number of H-pyrrole nitrogens is 1. The summed E-state index contributed by atoms with van der Waals surface area (Å²) in [6.45, 7) is 0. The van der Waals surface area contributed by atoms with Gasteiger partial charge in [0.2, 0.25) is 0 Å². The Hall–Kier alpha value is -2.31. The summed E-state index contributed by atoms with van der Waals surface area (Å²) in [7, 11) is 0. The SMILES string of the molecule is O=[N+]([O-])C1=C(c2ncc[nH]2)NOC=C1. The van der Waals surface area contributed by atoms with Gasteiger partial charge in [-0.3, -0.25) is 10.1 Å². The van der Waals surface area contributed by atoms with E-state index < -0.39 is 4.92 Å². The highest BCUT2D eigenvalue weighted by atomic mass is 16.6.